The van der Waals surface area contributed by atoms with Gasteiger partial charge in [0.05, 0.1) is 12.5 Å². The largest absolute Gasteiger partial charge is 0.466 e. The van der Waals surface area contributed by atoms with Crippen molar-refractivity contribution in [1.82, 2.24) is 0 Å². The lowest BCUT2D eigenvalue weighted by atomic mass is 10.0. The molecule has 0 amide bonds. The second-order valence-electron chi connectivity index (χ2n) is 6.35. The molecule has 0 saturated carbocycles. The van der Waals surface area contributed by atoms with Gasteiger partial charge in [-0.1, -0.05) is 26.8 Å². The van der Waals surface area contributed by atoms with Gasteiger partial charge >= 0.3 is 5.97 Å². The molecule has 0 aromatic carbocycles. The highest BCUT2D eigenvalue weighted by molar-refractivity contribution is 6.74. The maximum absolute atomic E-state index is 11.6. The summed E-state index contributed by atoms with van der Waals surface area (Å²) >= 11 is 0. The van der Waals surface area contributed by atoms with Gasteiger partial charge in [0, 0.05) is 6.61 Å². The van der Waals surface area contributed by atoms with Gasteiger partial charge in [-0.2, -0.15) is 0 Å². The number of ether oxygens (including phenoxy) is 1. The summed E-state index contributed by atoms with van der Waals surface area (Å²) in [5.41, 5.74) is 0. The van der Waals surface area contributed by atoms with E-state index in [1.54, 1.807) is 6.08 Å². The van der Waals surface area contributed by atoms with Crippen LogP contribution in [0.3, 0.4) is 0 Å². The Kier molecular flexibility index (Phi) is 7.60. The summed E-state index contributed by atoms with van der Waals surface area (Å²) in [6.07, 6.45) is 3.28. The minimum Gasteiger partial charge on any atom is -0.466 e. The Hall–Kier alpha value is -0.613. The molecular weight excluding hydrogens is 256 g/mol. The summed E-state index contributed by atoms with van der Waals surface area (Å²) in [5.74, 6) is -0.382. The number of esters is 1. The van der Waals surface area contributed by atoms with Crippen molar-refractivity contribution in [3.63, 3.8) is 0 Å². The second kappa shape index (κ2) is 7.85. The van der Waals surface area contributed by atoms with Crippen LogP contribution in [-0.4, -0.2) is 27.5 Å². The van der Waals surface area contributed by atoms with Gasteiger partial charge < -0.3 is 9.16 Å². The number of carbonyl (C=O) groups excluding carboxylic acids is 1. The molecule has 0 bridgehead atoms. The van der Waals surface area contributed by atoms with Gasteiger partial charge in [-0.25, -0.2) is 0 Å². The average molecular weight is 286 g/mol. The zero-order valence-corrected chi connectivity index (χ0v) is 14.4. The van der Waals surface area contributed by atoms with Crippen molar-refractivity contribution in [2.45, 2.75) is 58.7 Å². The Bertz CT molecular complexity index is 292. The van der Waals surface area contributed by atoms with Crippen molar-refractivity contribution < 1.29 is 14.0 Å². The molecule has 3 nitrogen and oxygen atoms in total. The Labute approximate surface area is 119 Å². The minimum atomic E-state index is -1.67. The molecule has 0 aromatic rings. The Morgan fingerprint density at radius 3 is 2.37 bits per heavy atom. The quantitative estimate of drug-likeness (QED) is 0.291. The van der Waals surface area contributed by atoms with Crippen LogP contribution in [0.25, 0.3) is 0 Å². The molecule has 0 aliphatic rings. The van der Waals surface area contributed by atoms with E-state index in [0.29, 0.717) is 13.2 Å². The maximum Gasteiger partial charge on any atom is 0.312 e. The lowest BCUT2D eigenvalue weighted by Gasteiger charge is -2.36. The molecule has 0 N–H and O–H groups in total. The van der Waals surface area contributed by atoms with Gasteiger partial charge in [0.2, 0.25) is 0 Å². The smallest absolute Gasteiger partial charge is 0.312 e. The molecule has 0 fully saturated rings. The van der Waals surface area contributed by atoms with E-state index in [1.807, 2.05) is 6.92 Å². The van der Waals surface area contributed by atoms with Gasteiger partial charge in [-0.15, -0.1) is 6.58 Å². The Balaban J connectivity index is 4.09. The van der Waals surface area contributed by atoms with Gasteiger partial charge in [0.15, 0.2) is 8.32 Å². The topological polar surface area (TPSA) is 35.5 Å². The van der Waals surface area contributed by atoms with Crippen LogP contribution in [0.1, 0.15) is 40.5 Å². The molecule has 1 atom stereocenters. The summed E-state index contributed by atoms with van der Waals surface area (Å²) in [5, 5.41) is 0.228. The maximum atomic E-state index is 11.6. The molecule has 0 spiro atoms. The van der Waals surface area contributed by atoms with Crippen molar-refractivity contribution in [2.75, 3.05) is 13.2 Å². The molecule has 0 rings (SSSR count). The lowest BCUT2D eigenvalue weighted by Crippen LogP contribution is -2.41. The average Bonchev–Trinajstić information content (AvgIpc) is 2.27. The van der Waals surface area contributed by atoms with Crippen LogP contribution in [-0.2, 0) is 14.0 Å². The van der Waals surface area contributed by atoms with Crippen molar-refractivity contribution in [2.24, 2.45) is 5.92 Å². The van der Waals surface area contributed by atoms with Crippen molar-refractivity contribution in [3.05, 3.63) is 12.7 Å². The highest BCUT2D eigenvalue weighted by atomic mass is 28.4. The summed E-state index contributed by atoms with van der Waals surface area (Å²) in [7, 11) is -1.67. The van der Waals surface area contributed by atoms with Crippen LogP contribution in [0.15, 0.2) is 12.7 Å². The van der Waals surface area contributed by atoms with E-state index >= 15 is 0 Å². The summed E-state index contributed by atoms with van der Waals surface area (Å²) < 4.78 is 11.1. The first kappa shape index (κ1) is 18.4. The fourth-order valence-electron chi connectivity index (χ4n) is 1.43. The third kappa shape index (κ3) is 6.39. The van der Waals surface area contributed by atoms with E-state index in [2.05, 4.69) is 40.4 Å². The van der Waals surface area contributed by atoms with Crippen LogP contribution in [0, 0.1) is 5.92 Å². The summed E-state index contributed by atoms with van der Waals surface area (Å²) in [6.45, 7) is 17.8. The summed E-state index contributed by atoms with van der Waals surface area (Å²) in [6, 6.07) is 0. The highest BCUT2D eigenvalue weighted by Gasteiger charge is 2.36. The molecular formula is C15H30O3Si. The molecule has 19 heavy (non-hydrogen) atoms. The zero-order chi connectivity index (χ0) is 15.1. The van der Waals surface area contributed by atoms with Crippen LogP contribution in [0.4, 0.5) is 0 Å². The van der Waals surface area contributed by atoms with E-state index in [4.69, 9.17) is 9.16 Å². The minimum absolute atomic E-state index is 0.176. The molecule has 0 heterocycles. The molecule has 1 unspecified atom stereocenters. The number of carbonyl (C=O) groups is 1. The first-order valence-electron chi connectivity index (χ1n) is 7.09. The Morgan fingerprint density at radius 1 is 1.37 bits per heavy atom. The van der Waals surface area contributed by atoms with Crippen LogP contribution >= 0.6 is 0 Å². The predicted molar refractivity (Wildman–Crippen MR) is 82.7 cm³/mol. The van der Waals surface area contributed by atoms with Crippen LogP contribution < -0.4 is 0 Å². The van der Waals surface area contributed by atoms with Crippen molar-refractivity contribution >= 4 is 14.3 Å². The Morgan fingerprint density at radius 2 is 1.95 bits per heavy atom. The standard InChI is InChI=1S/C15H30O3Si/c1-8-13(14(16)17-9-2)11-10-12-18-19(6,7)15(3,4)5/h8,13H,1,9-12H2,2-7H3. The van der Waals surface area contributed by atoms with E-state index in [1.165, 1.54) is 0 Å². The first-order valence-corrected chi connectivity index (χ1v) is 9.99. The van der Waals surface area contributed by atoms with E-state index in [-0.39, 0.29) is 16.9 Å². The number of rotatable bonds is 8. The van der Waals surface area contributed by atoms with Crippen molar-refractivity contribution in [3.8, 4) is 0 Å². The van der Waals surface area contributed by atoms with Gasteiger partial charge in [-0.3, -0.25) is 4.79 Å². The van der Waals surface area contributed by atoms with Gasteiger partial charge in [-0.05, 0) is 37.9 Å². The highest BCUT2D eigenvalue weighted by Crippen LogP contribution is 2.36. The third-order valence-corrected chi connectivity index (χ3v) is 8.34. The van der Waals surface area contributed by atoms with E-state index in [9.17, 15) is 4.79 Å². The normalized spacial score (nSPS) is 14.0. The number of hydrogen-bond acceptors (Lipinski definition) is 3. The predicted octanol–water partition coefficient (Wildman–Crippen LogP) is 4.15. The molecule has 0 radical (unpaired) electrons. The third-order valence-electron chi connectivity index (χ3n) is 3.80. The van der Waals surface area contributed by atoms with Gasteiger partial charge in [0.1, 0.15) is 0 Å². The zero-order valence-electron chi connectivity index (χ0n) is 13.4. The molecule has 0 saturated heterocycles. The molecule has 112 valence electrons. The van der Waals surface area contributed by atoms with E-state index < -0.39 is 8.32 Å². The molecule has 4 heteroatoms. The molecule has 0 aromatic heterocycles. The number of hydrogen-bond donors (Lipinski definition) is 0. The van der Waals surface area contributed by atoms with Gasteiger partial charge in [0.25, 0.3) is 0 Å². The van der Waals surface area contributed by atoms with E-state index in [0.717, 1.165) is 12.8 Å². The van der Waals surface area contributed by atoms with Crippen LogP contribution in [0.5, 0.6) is 0 Å². The fraction of sp³-hybridized carbons (Fsp3) is 0.800. The fourth-order valence-corrected chi connectivity index (χ4v) is 2.52. The summed E-state index contributed by atoms with van der Waals surface area (Å²) in [4.78, 5) is 11.6. The SMILES string of the molecule is C=CC(CCCO[Si](C)(C)C(C)(C)C)C(=O)OCC. The lowest BCUT2D eigenvalue weighted by molar-refractivity contribution is -0.146. The molecule has 0 aliphatic heterocycles. The molecule has 0 aliphatic carbocycles. The first-order chi connectivity index (χ1) is 8.65. The second-order valence-corrected chi connectivity index (χ2v) is 11.2. The van der Waals surface area contributed by atoms with Crippen LogP contribution in [0.2, 0.25) is 18.1 Å². The monoisotopic (exact) mass is 286 g/mol. The van der Waals surface area contributed by atoms with Crippen molar-refractivity contribution in [1.29, 1.82) is 0 Å².